The van der Waals surface area contributed by atoms with Crippen LogP contribution in [-0.4, -0.2) is 53.2 Å². The van der Waals surface area contributed by atoms with Gasteiger partial charge in [-0.2, -0.15) is 0 Å². The third kappa shape index (κ3) is 6.41. The summed E-state index contributed by atoms with van der Waals surface area (Å²) in [5.41, 5.74) is 4.07. The van der Waals surface area contributed by atoms with Crippen molar-refractivity contribution in [2.45, 2.75) is 58.4 Å². The van der Waals surface area contributed by atoms with E-state index in [-0.39, 0.29) is 37.9 Å². The molecule has 0 bridgehead atoms. The van der Waals surface area contributed by atoms with Crippen LogP contribution in [0, 0.1) is 5.92 Å². The van der Waals surface area contributed by atoms with Crippen LogP contribution in [-0.2, 0) is 14.3 Å². The molecule has 1 aliphatic carbocycles. The van der Waals surface area contributed by atoms with Gasteiger partial charge in [-0.15, -0.1) is 0 Å². The Morgan fingerprint density at radius 3 is 2.11 bits per heavy atom. The van der Waals surface area contributed by atoms with Gasteiger partial charge in [-0.25, -0.2) is 4.79 Å². The highest BCUT2D eigenvalue weighted by Gasteiger charge is 2.32. The molecule has 1 atom stereocenters. The number of carbonyl (C=O) groups excluding carboxylic acids is 2. The summed E-state index contributed by atoms with van der Waals surface area (Å²) < 4.78 is 5.60. The monoisotopic (exact) mass is 480 g/mol. The minimum Gasteiger partial charge on any atom is -0.481 e. The van der Waals surface area contributed by atoms with E-state index in [1.165, 1.54) is 0 Å². The van der Waals surface area contributed by atoms with Gasteiger partial charge in [0.2, 0.25) is 5.91 Å². The minimum absolute atomic E-state index is 0.0337. The van der Waals surface area contributed by atoms with Crippen molar-refractivity contribution in [2.75, 3.05) is 19.7 Å². The molecule has 0 saturated heterocycles. The van der Waals surface area contributed by atoms with Gasteiger partial charge < -0.3 is 20.1 Å². The van der Waals surface area contributed by atoms with Crippen LogP contribution in [0.5, 0.6) is 0 Å². The number of nitrogens with zero attached hydrogens (tertiary/aromatic N) is 1. The third-order valence-electron chi connectivity index (χ3n) is 6.45. The zero-order valence-electron chi connectivity index (χ0n) is 21.0. The average molecular weight is 481 g/mol. The number of carboxylic acids is 1. The molecule has 1 unspecified atom stereocenters. The molecule has 3 rings (SSSR count). The van der Waals surface area contributed by atoms with Gasteiger partial charge in [-0.05, 0) is 49.4 Å². The first-order chi connectivity index (χ1) is 16.6. The van der Waals surface area contributed by atoms with Crippen molar-refractivity contribution in [3.05, 3.63) is 59.7 Å². The van der Waals surface area contributed by atoms with Crippen LogP contribution < -0.4 is 5.32 Å². The lowest BCUT2D eigenvalue weighted by atomic mass is 9.97. The number of hydrogen-bond acceptors (Lipinski definition) is 4. The van der Waals surface area contributed by atoms with E-state index in [0.717, 1.165) is 28.7 Å². The lowest BCUT2D eigenvalue weighted by Gasteiger charge is -2.38. The number of rotatable bonds is 10. The van der Waals surface area contributed by atoms with Crippen molar-refractivity contribution in [3.63, 3.8) is 0 Å². The Morgan fingerprint density at radius 1 is 1.03 bits per heavy atom. The molecule has 0 aromatic heterocycles. The van der Waals surface area contributed by atoms with Crippen molar-refractivity contribution in [1.29, 1.82) is 0 Å². The van der Waals surface area contributed by atoms with Crippen molar-refractivity contribution in [3.8, 4) is 11.1 Å². The van der Waals surface area contributed by atoms with Crippen LogP contribution in [0.4, 0.5) is 4.79 Å². The number of nitrogens with one attached hydrogen (secondary N) is 1. The van der Waals surface area contributed by atoms with E-state index in [9.17, 15) is 14.4 Å². The number of ether oxygens (including phenoxy) is 1. The van der Waals surface area contributed by atoms with Crippen LogP contribution in [0.1, 0.15) is 64.0 Å². The summed E-state index contributed by atoms with van der Waals surface area (Å²) in [6.45, 7) is 8.11. The van der Waals surface area contributed by atoms with Gasteiger partial charge >= 0.3 is 12.1 Å². The lowest BCUT2D eigenvalue weighted by Crippen LogP contribution is -2.51. The standard InChI is InChI=1S/C28H36N2O5/c1-5-10-19(26(33)30(28(2,3)4)16-15-25(31)32)17-29-27(34)35-18-24-22-13-8-6-11-20(22)21-12-7-9-14-23(21)24/h6-9,11-14,19,24H,5,10,15-18H2,1-4H3,(H,29,34)(H,31,32). The van der Waals surface area contributed by atoms with Crippen LogP contribution in [0.15, 0.2) is 48.5 Å². The lowest BCUT2D eigenvalue weighted by molar-refractivity contribution is -0.143. The van der Waals surface area contributed by atoms with Gasteiger partial charge in [0.15, 0.2) is 0 Å². The van der Waals surface area contributed by atoms with E-state index < -0.39 is 23.5 Å². The smallest absolute Gasteiger partial charge is 0.407 e. The van der Waals surface area contributed by atoms with Gasteiger partial charge in [-0.3, -0.25) is 9.59 Å². The summed E-state index contributed by atoms with van der Waals surface area (Å²) in [6, 6.07) is 16.3. The number of benzene rings is 2. The Bertz CT molecular complexity index is 1010. The van der Waals surface area contributed by atoms with Gasteiger partial charge in [0.05, 0.1) is 12.3 Å². The summed E-state index contributed by atoms with van der Waals surface area (Å²) >= 11 is 0. The van der Waals surface area contributed by atoms with Crippen LogP contribution in [0.25, 0.3) is 11.1 Å². The second-order valence-corrected chi connectivity index (χ2v) is 10.00. The van der Waals surface area contributed by atoms with Crippen LogP contribution in [0.3, 0.4) is 0 Å². The molecule has 2 amide bonds. The maximum Gasteiger partial charge on any atom is 0.407 e. The van der Waals surface area contributed by atoms with E-state index in [1.807, 2.05) is 52.0 Å². The molecule has 0 heterocycles. The van der Waals surface area contributed by atoms with Gasteiger partial charge in [0.25, 0.3) is 0 Å². The Kier molecular flexibility index (Phi) is 8.54. The summed E-state index contributed by atoms with van der Waals surface area (Å²) in [5.74, 6) is -1.59. The first-order valence-electron chi connectivity index (χ1n) is 12.3. The summed E-state index contributed by atoms with van der Waals surface area (Å²) in [5, 5.41) is 11.9. The maximum absolute atomic E-state index is 13.3. The third-order valence-corrected chi connectivity index (χ3v) is 6.45. The molecule has 188 valence electrons. The Labute approximate surface area is 207 Å². The molecule has 0 saturated carbocycles. The Hall–Kier alpha value is -3.35. The molecule has 2 N–H and O–H groups in total. The van der Waals surface area contributed by atoms with Gasteiger partial charge in [0.1, 0.15) is 6.61 Å². The highest BCUT2D eigenvalue weighted by Crippen LogP contribution is 2.44. The SMILES string of the molecule is CCCC(CNC(=O)OCC1c2ccccc2-c2ccccc21)C(=O)N(CCC(=O)O)C(C)(C)C. The molecule has 1 aliphatic rings. The van der Waals surface area contributed by atoms with E-state index in [4.69, 9.17) is 9.84 Å². The van der Waals surface area contributed by atoms with Crippen molar-refractivity contribution < 1.29 is 24.2 Å². The topological polar surface area (TPSA) is 95.9 Å². The quantitative estimate of drug-likeness (QED) is 0.496. The molecule has 35 heavy (non-hydrogen) atoms. The van der Waals surface area contributed by atoms with E-state index in [1.54, 1.807) is 4.90 Å². The number of amides is 2. The first-order valence-corrected chi connectivity index (χ1v) is 12.3. The Morgan fingerprint density at radius 2 is 1.60 bits per heavy atom. The summed E-state index contributed by atoms with van der Waals surface area (Å²) in [7, 11) is 0. The largest absolute Gasteiger partial charge is 0.481 e. The van der Waals surface area contributed by atoms with Crippen molar-refractivity contribution in [1.82, 2.24) is 10.2 Å². The molecular weight excluding hydrogens is 444 g/mol. The normalized spacial score (nSPS) is 13.5. The maximum atomic E-state index is 13.3. The molecule has 2 aromatic rings. The molecule has 0 aliphatic heterocycles. The van der Waals surface area contributed by atoms with Crippen LogP contribution in [0.2, 0.25) is 0 Å². The summed E-state index contributed by atoms with van der Waals surface area (Å²) in [6.07, 6.45) is 0.664. The number of carboxylic acid groups (broad SMARTS) is 1. The van der Waals surface area contributed by atoms with Crippen molar-refractivity contribution in [2.24, 2.45) is 5.92 Å². The fourth-order valence-corrected chi connectivity index (χ4v) is 4.72. The Balaban J connectivity index is 1.62. The summed E-state index contributed by atoms with van der Waals surface area (Å²) in [4.78, 5) is 38.6. The highest BCUT2D eigenvalue weighted by molar-refractivity contribution is 5.81. The number of alkyl carbamates (subject to hydrolysis) is 1. The molecule has 0 radical (unpaired) electrons. The molecule has 0 fully saturated rings. The minimum atomic E-state index is -0.948. The highest BCUT2D eigenvalue weighted by atomic mass is 16.5. The number of hydrogen-bond donors (Lipinski definition) is 2. The zero-order valence-corrected chi connectivity index (χ0v) is 21.0. The van der Waals surface area contributed by atoms with Gasteiger partial charge in [0, 0.05) is 24.5 Å². The number of fused-ring (bicyclic) bond motifs is 3. The second kappa shape index (κ2) is 11.4. The van der Waals surface area contributed by atoms with E-state index in [2.05, 4.69) is 29.6 Å². The van der Waals surface area contributed by atoms with E-state index in [0.29, 0.717) is 6.42 Å². The number of aliphatic carboxylic acids is 1. The first kappa shape index (κ1) is 26.3. The number of carbonyl (C=O) groups is 3. The van der Waals surface area contributed by atoms with E-state index >= 15 is 0 Å². The molecule has 0 spiro atoms. The zero-order chi connectivity index (χ0) is 25.6. The molecule has 7 heteroatoms. The fourth-order valence-electron chi connectivity index (χ4n) is 4.72. The molecule has 7 nitrogen and oxygen atoms in total. The molecule has 2 aromatic carbocycles. The second-order valence-electron chi connectivity index (χ2n) is 10.00. The average Bonchev–Trinajstić information content (AvgIpc) is 3.13. The van der Waals surface area contributed by atoms with Gasteiger partial charge in [-0.1, -0.05) is 61.9 Å². The fraction of sp³-hybridized carbons (Fsp3) is 0.464. The predicted molar refractivity (Wildman–Crippen MR) is 135 cm³/mol. The molecular formula is C28H36N2O5. The predicted octanol–water partition coefficient (Wildman–Crippen LogP) is 5.04. The van der Waals surface area contributed by atoms with Crippen LogP contribution >= 0.6 is 0 Å². The van der Waals surface area contributed by atoms with Crippen molar-refractivity contribution >= 4 is 18.0 Å².